The van der Waals surface area contributed by atoms with Crippen LogP contribution in [0.5, 0.6) is 11.5 Å². The van der Waals surface area contributed by atoms with Gasteiger partial charge < -0.3 is 29.7 Å². The van der Waals surface area contributed by atoms with E-state index in [-0.39, 0.29) is 30.9 Å². The van der Waals surface area contributed by atoms with Gasteiger partial charge in [0.1, 0.15) is 25.4 Å². The maximum atomic E-state index is 12.3. The van der Waals surface area contributed by atoms with E-state index in [2.05, 4.69) is 5.32 Å². The molecule has 7 nitrogen and oxygen atoms in total. The lowest BCUT2D eigenvalue weighted by atomic mass is 10.0. The lowest BCUT2D eigenvalue weighted by molar-refractivity contribution is -0.153. The van der Waals surface area contributed by atoms with E-state index in [0.717, 1.165) is 23.5 Å². The van der Waals surface area contributed by atoms with E-state index < -0.39 is 18.3 Å². The van der Waals surface area contributed by atoms with Crippen LogP contribution in [0.1, 0.15) is 24.3 Å². The van der Waals surface area contributed by atoms with E-state index >= 15 is 0 Å². The van der Waals surface area contributed by atoms with Gasteiger partial charge in [0.05, 0.1) is 12.7 Å². The Bertz CT molecular complexity index is 636. The SMILES string of the molecule is O=C(N[C@@H]1C[C@H]1c1cccc2c1OCCO2)[C@H]1C[C@H](O)[C@H](O)CO1. The first-order chi connectivity index (χ1) is 11.6. The van der Waals surface area contributed by atoms with Crippen LogP contribution in [0.15, 0.2) is 18.2 Å². The molecule has 2 aliphatic heterocycles. The highest BCUT2D eigenvalue weighted by Gasteiger charge is 2.44. The van der Waals surface area contributed by atoms with Crippen LogP contribution in [0.4, 0.5) is 0 Å². The summed E-state index contributed by atoms with van der Waals surface area (Å²) in [6.45, 7) is 1.06. The van der Waals surface area contributed by atoms with Crippen LogP contribution in [0.25, 0.3) is 0 Å². The fourth-order valence-corrected chi connectivity index (χ4v) is 3.32. The summed E-state index contributed by atoms with van der Waals surface area (Å²) in [7, 11) is 0. The first-order valence-corrected chi connectivity index (χ1v) is 8.30. The lowest BCUT2D eigenvalue weighted by Crippen LogP contribution is -2.48. The topological polar surface area (TPSA) is 97.3 Å². The molecule has 1 aromatic rings. The Morgan fingerprint density at radius 2 is 1.96 bits per heavy atom. The molecule has 130 valence electrons. The van der Waals surface area contributed by atoms with Gasteiger partial charge in [-0.3, -0.25) is 4.79 Å². The van der Waals surface area contributed by atoms with Crippen LogP contribution < -0.4 is 14.8 Å². The molecule has 1 aliphatic carbocycles. The van der Waals surface area contributed by atoms with Crippen molar-refractivity contribution >= 4 is 5.91 Å². The molecule has 2 fully saturated rings. The molecule has 0 unspecified atom stereocenters. The molecule has 2 heterocycles. The summed E-state index contributed by atoms with van der Waals surface area (Å²) in [6.07, 6.45) is -1.60. The molecule has 1 saturated heterocycles. The average Bonchev–Trinajstić information content (AvgIpc) is 3.35. The second kappa shape index (κ2) is 6.23. The Morgan fingerprint density at radius 1 is 1.12 bits per heavy atom. The number of carbonyl (C=O) groups is 1. The van der Waals surface area contributed by atoms with Gasteiger partial charge in [-0.15, -0.1) is 0 Å². The van der Waals surface area contributed by atoms with E-state index in [4.69, 9.17) is 14.2 Å². The molecule has 0 bridgehead atoms. The molecule has 5 atom stereocenters. The van der Waals surface area contributed by atoms with Gasteiger partial charge in [0, 0.05) is 23.9 Å². The first kappa shape index (κ1) is 15.7. The number of para-hydroxylation sites is 1. The largest absolute Gasteiger partial charge is 0.486 e. The molecule has 24 heavy (non-hydrogen) atoms. The van der Waals surface area contributed by atoms with Crippen LogP contribution >= 0.6 is 0 Å². The summed E-state index contributed by atoms with van der Waals surface area (Å²) in [5.41, 5.74) is 1.05. The summed E-state index contributed by atoms with van der Waals surface area (Å²) in [4.78, 5) is 12.3. The van der Waals surface area contributed by atoms with E-state index in [1.807, 2.05) is 18.2 Å². The summed E-state index contributed by atoms with van der Waals surface area (Å²) in [6, 6.07) is 5.85. The molecule has 0 aromatic heterocycles. The molecule has 0 radical (unpaired) electrons. The van der Waals surface area contributed by atoms with Crippen molar-refractivity contribution in [3.63, 3.8) is 0 Å². The molecule has 1 amide bonds. The van der Waals surface area contributed by atoms with Crippen molar-refractivity contribution in [1.82, 2.24) is 5.32 Å². The van der Waals surface area contributed by atoms with Gasteiger partial charge in [-0.1, -0.05) is 12.1 Å². The third-order valence-electron chi connectivity index (χ3n) is 4.77. The fraction of sp³-hybridized carbons (Fsp3) is 0.588. The van der Waals surface area contributed by atoms with Gasteiger partial charge >= 0.3 is 0 Å². The minimum Gasteiger partial charge on any atom is -0.486 e. The molecule has 1 saturated carbocycles. The fourth-order valence-electron chi connectivity index (χ4n) is 3.32. The number of amides is 1. The quantitative estimate of drug-likeness (QED) is 0.716. The number of aliphatic hydroxyl groups is 2. The van der Waals surface area contributed by atoms with Crippen molar-refractivity contribution in [3.8, 4) is 11.5 Å². The normalized spacial score (nSPS) is 34.5. The van der Waals surface area contributed by atoms with Crippen LogP contribution in [-0.4, -0.2) is 60.3 Å². The number of aliphatic hydroxyl groups excluding tert-OH is 2. The molecule has 4 rings (SSSR count). The number of fused-ring (bicyclic) bond motifs is 1. The van der Waals surface area contributed by atoms with Crippen LogP contribution in [0.2, 0.25) is 0 Å². The minimum atomic E-state index is -0.921. The van der Waals surface area contributed by atoms with Gasteiger partial charge in [0.2, 0.25) is 5.91 Å². The Morgan fingerprint density at radius 3 is 2.79 bits per heavy atom. The third kappa shape index (κ3) is 2.94. The number of ether oxygens (including phenoxy) is 3. The minimum absolute atomic E-state index is 0.0231. The van der Waals surface area contributed by atoms with E-state index in [1.165, 1.54) is 0 Å². The number of carbonyl (C=O) groups excluding carboxylic acids is 1. The maximum absolute atomic E-state index is 12.3. The van der Waals surface area contributed by atoms with Crippen molar-refractivity contribution < 1.29 is 29.2 Å². The smallest absolute Gasteiger partial charge is 0.249 e. The van der Waals surface area contributed by atoms with Gasteiger partial charge in [-0.25, -0.2) is 0 Å². The van der Waals surface area contributed by atoms with Crippen LogP contribution in [0.3, 0.4) is 0 Å². The average molecular weight is 335 g/mol. The number of nitrogens with one attached hydrogen (secondary N) is 1. The summed E-state index contributed by atoms with van der Waals surface area (Å²) in [5.74, 6) is 1.49. The second-order valence-electron chi connectivity index (χ2n) is 6.52. The Kier molecular flexibility index (Phi) is 4.07. The number of hydrogen-bond acceptors (Lipinski definition) is 6. The predicted octanol–water partition coefficient (Wildman–Crippen LogP) is -0.0594. The molecule has 7 heteroatoms. The van der Waals surface area contributed by atoms with Crippen molar-refractivity contribution in [3.05, 3.63) is 23.8 Å². The number of rotatable bonds is 3. The van der Waals surface area contributed by atoms with Crippen molar-refractivity contribution in [2.45, 2.75) is 43.1 Å². The van der Waals surface area contributed by atoms with E-state index in [9.17, 15) is 15.0 Å². The predicted molar refractivity (Wildman–Crippen MR) is 83.1 cm³/mol. The maximum Gasteiger partial charge on any atom is 0.249 e. The first-order valence-electron chi connectivity index (χ1n) is 8.30. The van der Waals surface area contributed by atoms with Crippen LogP contribution in [-0.2, 0) is 9.53 Å². The molecular weight excluding hydrogens is 314 g/mol. The standard InChI is InChI=1S/C17H21NO6/c19-12-7-15(24-8-13(12)20)17(21)18-11-6-10(11)9-2-1-3-14-16(9)23-5-4-22-14/h1-3,10-13,15,19-20H,4-8H2,(H,18,21)/t10-,11+,12-,13+,15+/m0/s1. The third-order valence-corrected chi connectivity index (χ3v) is 4.77. The molecule has 3 N–H and O–H groups in total. The molecular formula is C17H21NO6. The Labute approximate surface area is 139 Å². The van der Waals surface area contributed by atoms with E-state index in [0.29, 0.717) is 13.2 Å². The highest BCUT2D eigenvalue weighted by Crippen LogP contribution is 2.48. The Hall–Kier alpha value is -1.83. The second-order valence-corrected chi connectivity index (χ2v) is 6.52. The molecule has 3 aliphatic rings. The zero-order valence-electron chi connectivity index (χ0n) is 13.2. The van der Waals surface area contributed by atoms with Gasteiger partial charge in [-0.05, 0) is 12.5 Å². The van der Waals surface area contributed by atoms with Crippen molar-refractivity contribution in [1.29, 1.82) is 0 Å². The van der Waals surface area contributed by atoms with Crippen molar-refractivity contribution in [2.24, 2.45) is 0 Å². The zero-order valence-corrected chi connectivity index (χ0v) is 13.2. The summed E-state index contributed by atoms with van der Waals surface area (Å²) >= 11 is 0. The number of benzene rings is 1. The molecule has 0 spiro atoms. The monoisotopic (exact) mass is 335 g/mol. The van der Waals surface area contributed by atoms with Crippen molar-refractivity contribution in [2.75, 3.05) is 19.8 Å². The molecule has 1 aromatic carbocycles. The summed E-state index contributed by atoms with van der Waals surface area (Å²) in [5, 5.41) is 22.1. The van der Waals surface area contributed by atoms with Gasteiger partial charge in [0.25, 0.3) is 0 Å². The highest BCUT2D eigenvalue weighted by atomic mass is 16.6. The Balaban J connectivity index is 1.38. The van der Waals surface area contributed by atoms with E-state index in [1.54, 1.807) is 0 Å². The zero-order chi connectivity index (χ0) is 16.7. The number of hydrogen-bond donors (Lipinski definition) is 3. The highest BCUT2D eigenvalue weighted by molar-refractivity contribution is 5.81. The van der Waals surface area contributed by atoms with Crippen LogP contribution in [0, 0.1) is 0 Å². The van der Waals surface area contributed by atoms with Gasteiger partial charge in [0.15, 0.2) is 11.5 Å². The summed E-state index contributed by atoms with van der Waals surface area (Å²) < 4.78 is 16.6. The lowest BCUT2D eigenvalue weighted by Gasteiger charge is -2.29. The van der Waals surface area contributed by atoms with Gasteiger partial charge in [-0.2, -0.15) is 0 Å².